The van der Waals surface area contributed by atoms with Gasteiger partial charge in [-0.15, -0.1) is 0 Å². The number of carbonyl (C=O) groups is 2. The minimum atomic E-state index is -1.13. The van der Waals surface area contributed by atoms with Crippen molar-refractivity contribution in [2.75, 3.05) is 5.32 Å². The number of nitrogens with zero attached hydrogens (tertiary/aromatic N) is 2. The number of hydrogen-bond acceptors (Lipinski definition) is 4. The summed E-state index contributed by atoms with van der Waals surface area (Å²) in [4.78, 5) is 30.2. The average Bonchev–Trinajstić information content (AvgIpc) is 2.47. The van der Waals surface area contributed by atoms with Crippen molar-refractivity contribution in [1.29, 1.82) is 0 Å². The summed E-state index contributed by atoms with van der Waals surface area (Å²) in [6, 6.07) is 5.60. The van der Waals surface area contributed by atoms with E-state index in [0.717, 1.165) is 18.3 Å². The number of amides is 1. The molecule has 0 radical (unpaired) electrons. The van der Waals surface area contributed by atoms with Crippen molar-refractivity contribution < 1.29 is 19.1 Å². The van der Waals surface area contributed by atoms with Gasteiger partial charge in [-0.1, -0.05) is 6.07 Å². The Labute approximate surface area is 119 Å². The zero-order valence-corrected chi connectivity index (χ0v) is 10.7. The average molecular weight is 287 g/mol. The van der Waals surface area contributed by atoms with Crippen molar-refractivity contribution in [3.63, 3.8) is 0 Å². The first-order valence-corrected chi connectivity index (χ1v) is 5.85. The molecule has 0 aliphatic heterocycles. The predicted octanol–water partition coefficient (Wildman–Crippen LogP) is 1.97. The number of anilines is 1. The van der Waals surface area contributed by atoms with Crippen molar-refractivity contribution in [2.45, 2.75) is 0 Å². The molecule has 0 fully saturated rings. The Balaban J connectivity index is 2.23. The van der Waals surface area contributed by atoms with Crippen molar-refractivity contribution >= 4 is 23.8 Å². The molecule has 0 bridgehead atoms. The lowest BCUT2D eigenvalue weighted by molar-refractivity contribution is -0.131. The Morgan fingerprint density at radius 3 is 2.71 bits per heavy atom. The fourth-order valence-electron chi connectivity index (χ4n) is 1.53. The molecule has 6 nitrogen and oxygen atoms in total. The smallest absolute Gasteiger partial charge is 0.328 e. The second kappa shape index (κ2) is 6.38. The van der Waals surface area contributed by atoms with E-state index >= 15 is 0 Å². The van der Waals surface area contributed by atoms with Gasteiger partial charge >= 0.3 is 5.97 Å². The SMILES string of the molecule is O=C(O)/C=C/c1cccnc1C(=O)Nc1ccc(F)cn1. The van der Waals surface area contributed by atoms with E-state index in [9.17, 15) is 14.0 Å². The van der Waals surface area contributed by atoms with Crippen molar-refractivity contribution in [1.82, 2.24) is 9.97 Å². The maximum atomic E-state index is 12.7. The molecular weight excluding hydrogens is 277 g/mol. The lowest BCUT2D eigenvalue weighted by atomic mass is 10.1. The van der Waals surface area contributed by atoms with Crippen molar-refractivity contribution in [3.05, 3.63) is 59.8 Å². The van der Waals surface area contributed by atoms with Gasteiger partial charge in [0.2, 0.25) is 0 Å². The van der Waals surface area contributed by atoms with E-state index in [1.807, 2.05) is 0 Å². The zero-order chi connectivity index (χ0) is 15.2. The van der Waals surface area contributed by atoms with Crippen LogP contribution in [0.5, 0.6) is 0 Å². The zero-order valence-electron chi connectivity index (χ0n) is 10.7. The fourth-order valence-corrected chi connectivity index (χ4v) is 1.53. The van der Waals surface area contributed by atoms with Crippen LogP contribution in [0.25, 0.3) is 6.08 Å². The van der Waals surface area contributed by atoms with Gasteiger partial charge in [0.05, 0.1) is 6.20 Å². The third kappa shape index (κ3) is 3.93. The normalized spacial score (nSPS) is 10.5. The number of aliphatic carboxylic acids is 1. The van der Waals surface area contributed by atoms with Crippen LogP contribution in [-0.2, 0) is 4.79 Å². The highest BCUT2D eigenvalue weighted by atomic mass is 19.1. The Bertz CT molecular complexity index is 699. The molecule has 0 spiro atoms. The third-order valence-corrected chi connectivity index (χ3v) is 2.43. The Kier molecular flexibility index (Phi) is 4.35. The van der Waals surface area contributed by atoms with E-state index in [1.54, 1.807) is 12.1 Å². The number of nitrogens with one attached hydrogen (secondary N) is 1. The number of aromatic nitrogens is 2. The molecule has 21 heavy (non-hydrogen) atoms. The number of carboxylic acids is 1. The van der Waals surface area contributed by atoms with E-state index in [2.05, 4.69) is 15.3 Å². The molecule has 0 aliphatic rings. The molecule has 0 unspecified atom stereocenters. The van der Waals surface area contributed by atoms with Crippen LogP contribution >= 0.6 is 0 Å². The summed E-state index contributed by atoms with van der Waals surface area (Å²) in [7, 11) is 0. The minimum Gasteiger partial charge on any atom is -0.478 e. The van der Waals surface area contributed by atoms with Gasteiger partial charge in [-0.2, -0.15) is 0 Å². The molecule has 0 atom stereocenters. The van der Waals surface area contributed by atoms with Crippen LogP contribution in [0.3, 0.4) is 0 Å². The van der Waals surface area contributed by atoms with Crippen molar-refractivity contribution in [3.8, 4) is 0 Å². The summed E-state index contributed by atoms with van der Waals surface area (Å²) < 4.78 is 12.7. The van der Waals surface area contributed by atoms with Gasteiger partial charge in [-0.3, -0.25) is 9.78 Å². The lowest BCUT2D eigenvalue weighted by Crippen LogP contribution is -2.16. The van der Waals surface area contributed by atoms with Gasteiger partial charge < -0.3 is 10.4 Å². The highest BCUT2D eigenvalue weighted by Crippen LogP contribution is 2.11. The summed E-state index contributed by atoms with van der Waals surface area (Å²) in [6.45, 7) is 0. The van der Waals surface area contributed by atoms with Gasteiger partial charge in [0.25, 0.3) is 5.91 Å². The second-order valence-electron chi connectivity index (χ2n) is 3.93. The molecule has 2 aromatic heterocycles. The molecule has 1 amide bonds. The Hall–Kier alpha value is -3.09. The summed E-state index contributed by atoms with van der Waals surface area (Å²) in [5.41, 5.74) is 0.389. The number of carbonyl (C=O) groups excluding carboxylic acids is 1. The standard InChI is InChI=1S/C14H10FN3O3/c15-10-4-5-11(17-8-10)18-14(21)13-9(2-1-7-16-13)3-6-12(19)20/h1-8H,(H,19,20)(H,17,18,21)/b6-3+. The topological polar surface area (TPSA) is 92.2 Å². The number of halogens is 1. The second-order valence-corrected chi connectivity index (χ2v) is 3.93. The Morgan fingerprint density at radius 1 is 1.24 bits per heavy atom. The summed E-state index contributed by atoms with van der Waals surface area (Å²) in [6.07, 6.45) is 4.55. The highest BCUT2D eigenvalue weighted by molar-refractivity contribution is 6.05. The highest BCUT2D eigenvalue weighted by Gasteiger charge is 2.12. The number of hydrogen-bond donors (Lipinski definition) is 2. The van der Waals surface area contributed by atoms with E-state index in [-0.39, 0.29) is 11.5 Å². The fraction of sp³-hybridized carbons (Fsp3) is 0. The lowest BCUT2D eigenvalue weighted by Gasteiger charge is -2.06. The molecule has 0 aromatic carbocycles. The van der Waals surface area contributed by atoms with Crippen molar-refractivity contribution in [2.24, 2.45) is 0 Å². The molecule has 2 heterocycles. The number of rotatable bonds is 4. The molecule has 7 heteroatoms. The third-order valence-electron chi connectivity index (χ3n) is 2.43. The molecule has 0 aliphatic carbocycles. The maximum absolute atomic E-state index is 12.7. The first-order valence-electron chi connectivity index (χ1n) is 5.85. The van der Waals surface area contributed by atoms with Crippen LogP contribution < -0.4 is 5.32 Å². The van der Waals surface area contributed by atoms with E-state index < -0.39 is 17.7 Å². The summed E-state index contributed by atoms with van der Waals surface area (Å²) in [5.74, 6) is -2.05. The van der Waals surface area contributed by atoms with Gasteiger partial charge in [0, 0.05) is 17.8 Å². The quantitative estimate of drug-likeness (QED) is 0.839. The largest absolute Gasteiger partial charge is 0.478 e. The van der Waals surface area contributed by atoms with Gasteiger partial charge in [0.1, 0.15) is 17.3 Å². The molecule has 106 valence electrons. The maximum Gasteiger partial charge on any atom is 0.328 e. The van der Waals surface area contributed by atoms with Crippen LogP contribution in [0, 0.1) is 5.82 Å². The minimum absolute atomic E-state index is 0.0427. The Morgan fingerprint density at radius 2 is 2.05 bits per heavy atom. The molecule has 0 saturated heterocycles. The van der Waals surface area contributed by atoms with Crippen LogP contribution in [-0.4, -0.2) is 27.0 Å². The van der Waals surface area contributed by atoms with Gasteiger partial charge in [-0.05, 0) is 24.3 Å². The molecule has 0 saturated carbocycles. The summed E-state index contributed by atoms with van der Waals surface area (Å²) >= 11 is 0. The molecule has 2 rings (SSSR count). The number of pyridine rings is 2. The first-order chi connectivity index (χ1) is 10.1. The van der Waals surface area contributed by atoms with Gasteiger partial charge in [0.15, 0.2) is 0 Å². The van der Waals surface area contributed by atoms with E-state index in [1.165, 1.54) is 18.3 Å². The monoisotopic (exact) mass is 287 g/mol. The van der Waals surface area contributed by atoms with Gasteiger partial charge in [-0.25, -0.2) is 14.2 Å². The molecule has 2 N–H and O–H groups in total. The first kappa shape index (κ1) is 14.3. The van der Waals surface area contributed by atoms with Crippen LogP contribution in [0.2, 0.25) is 0 Å². The molecule has 2 aromatic rings. The van der Waals surface area contributed by atoms with E-state index in [0.29, 0.717) is 5.56 Å². The van der Waals surface area contributed by atoms with E-state index in [4.69, 9.17) is 5.11 Å². The molecular formula is C14H10FN3O3. The van der Waals surface area contributed by atoms with Crippen LogP contribution in [0.15, 0.2) is 42.7 Å². The van der Waals surface area contributed by atoms with Crippen LogP contribution in [0.4, 0.5) is 10.2 Å². The number of carboxylic acid groups (broad SMARTS) is 1. The predicted molar refractivity (Wildman–Crippen MR) is 73.1 cm³/mol. The summed E-state index contributed by atoms with van der Waals surface area (Å²) in [5, 5.41) is 11.1. The van der Waals surface area contributed by atoms with Crippen LogP contribution in [0.1, 0.15) is 16.1 Å².